The molecule has 3 amide bonds. The highest BCUT2D eigenvalue weighted by Crippen LogP contribution is 2.07. The monoisotopic (exact) mass is 382 g/mol. The lowest BCUT2D eigenvalue weighted by atomic mass is 10.0. The number of carbonyl (C=O) groups excluding carboxylic acids is 3. The average Bonchev–Trinajstić information content (AvgIpc) is 2.66. The lowest BCUT2D eigenvalue weighted by Gasteiger charge is -2.21. The highest BCUT2D eigenvalue weighted by atomic mass is 16.2. The molecule has 148 valence electrons. The van der Waals surface area contributed by atoms with E-state index < -0.39 is 6.04 Å². The van der Waals surface area contributed by atoms with Crippen LogP contribution < -0.4 is 16.0 Å². The molecule has 3 N–H and O–H groups in total. The Bertz CT molecular complexity index is 821. The number of hydrogen-bond donors (Lipinski definition) is 3. The van der Waals surface area contributed by atoms with Gasteiger partial charge in [-0.25, -0.2) is 4.98 Å². The molecule has 0 saturated carbocycles. The van der Waals surface area contributed by atoms with Gasteiger partial charge in [0.2, 0.25) is 11.8 Å². The van der Waals surface area contributed by atoms with Gasteiger partial charge in [0.1, 0.15) is 11.9 Å². The molecule has 1 heterocycles. The zero-order valence-electron chi connectivity index (χ0n) is 16.4. The third-order valence-corrected chi connectivity index (χ3v) is 4.10. The fourth-order valence-corrected chi connectivity index (χ4v) is 2.60. The van der Waals surface area contributed by atoms with Crippen molar-refractivity contribution in [1.29, 1.82) is 0 Å². The summed E-state index contributed by atoms with van der Waals surface area (Å²) in [6.45, 7) is 5.78. The summed E-state index contributed by atoms with van der Waals surface area (Å²) in [5.74, 6) is -0.503. The third-order valence-electron chi connectivity index (χ3n) is 4.10. The Morgan fingerprint density at radius 3 is 2.50 bits per heavy atom. The molecule has 7 nitrogen and oxygen atoms in total. The largest absolute Gasteiger partial charge is 0.354 e. The van der Waals surface area contributed by atoms with E-state index in [0.29, 0.717) is 11.4 Å². The van der Waals surface area contributed by atoms with Crippen LogP contribution in [0, 0.1) is 12.8 Å². The predicted molar refractivity (Wildman–Crippen MR) is 108 cm³/mol. The smallest absolute Gasteiger partial charge is 0.251 e. The second-order valence-corrected chi connectivity index (χ2v) is 6.87. The van der Waals surface area contributed by atoms with E-state index in [4.69, 9.17) is 0 Å². The number of anilines is 1. The quantitative estimate of drug-likeness (QED) is 0.652. The number of amides is 3. The van der Waals surface area contributed by atoms with Crippen LogP contribution in [0.2, 0.25) is 0 Å². The molecule has 1 atom stereocenters. The van der Waals surface area contributed by atoms with Crippen molar-refractivity contribution in [2.45, 2.75) is 33.2 Å². The summed E-state index contributed by atoms with van der Waals surface area (Å²) in [6.07, 6.45) is 1.69. The summed E-state index contributed by atoms with van der Waals surface area (Å²) in [7, 11) is 0. The molecule has 0 bridgehead atoms. The molecular formula is C21H26N4O3. The summed E-state index contributed by atoms with van der Waals surface area (Å²) >= 11 is 0. The molecule has 28 heavy (non-hydrogen) atoms. The second kappa shape index (κ2) is 10.2. The predicted octanol–water partition coefficient (Wildman–Crippen LogP) is 2.29. The van der Waals surface area contributed by atoms with E-state index in [-0.39, 0.29) is 36.6 Å². The fourth-order valence-electron chi connectivity index (χ4n) is 2.60. The maximum atomic E-state index is 12.5. The Kier molecular flexibility index (Phi) is 7.68. The fraction of sp³-hybridized carbons (Fsp3) is 0.333. The van der Waals surface area contributed by atoms with Gasteiger partial charge in [-0.1, -0.05) is 37.6 Å². The lowest BCUT2D eigenvalue weighted by molar-refractivity contribution is -0.124. The molecule has 0 aliphatic heterocycles. The van der Waals surface area contributed by atoms with Gasteiger partial charge in [-0.15, -0.1) is 0 Å². The molecule has 1 aromatic carbocycles. The van der Waals surface area contributed by atoms with Gasteiger partial charge in [-0.2, -0.15) is 0 Å². The van der Waals surface area contributed by atoms with Crippen LogP contribution >= 0.6 is 0 Å². The lowest BCUT2D eigenvalue weighted by Crippen LogP contribution is -2.50. The second-order valence-electron chi connectivity index (χ2n) is 6.87. The molecule has 0 saturated heterocycles. The van der Waals surface area contributed by atoms with Gasteiger partial charge in [0.25, 0.3) is 5.91 Å². The number of benzene rings is 1. The molecular weight excluding hydrogens is 356 g/mol. The van der Waals surface area contributed by atoms with E-state index in [1.807, 2.05) is 26.8 Å². The van der Waals surface area contributed by atoms with E-state index in [1.54, 1.807) is 42.6 Å². The standard InChI is InChI=1S/C21H26N4O3/c1-14(2)19(25-20(27)16-8-6-7-15(3)13-16)21(28)23-12-10-18(26)24-17-9-4-5-11-22-17/h4-9,11,13-14,19H,10,12H2,1-3H3,(H,23,28)(H,25,27)(H,22,24,26)/t19-/m0/s1. The summed E-state index contributed by atoms with van der Waals surface area (Å²) in [4.78, 5) is 40.9. The molecule has 7 heteroatoms. The molecule has 0 fully saturated rings. The minimum atomic E-state index is -0.688. The summed E-state index contributed by atoms with van der Waals surface area (Å²) in [5, 5.41) is 8.15. The molecule has 0 radical (unpaired) electrons. The van der Waals surface area contributed by atoms with Crippen LogP contribution in [-0.2, 0) is 9.59 Å². The van der Waals surface area contributed by atoms with Crippen molar-refractivity contribution in [1.82, 2.24) is 15.6 Å². The van der Waals surface area contributed by atoms with Crippen LogP contribution in [0.5, 0.6) is 0 Å². The van der Waals surface area contributed by atoms with E-state index in [1.165, 1.54) is 0 Å². The van der Waals surface area contributed by atoms with Crippen LogP contribution in [0.4, 0.5) is 5.82 Å². The topological polar surface area (TPSA) is 100 Å². The number of carbonyl (C=O) groups is 3. The number of nitrogens with zero attached hydrogens (tertiary/aromatic N) is 1. The minimum Gasteiger partial charge on any atom is -0.354 e. The van der Waals surface area contributed by atoms with E-state index in [2.05, 4.69) is 20.9 Å². The van der Waals surface area contributed by atoms with E-state index >= 15 is 0 Å². The van der Waals surface area contributed by atoms with Crippen LogP contribution in [0.25, 0.3) is 0 Å². The first-order chi connectivity index (χ1) is 13.4. The Morgan fingerprint density at radius 2 is 1.86 bits per heavy atom. The van der Waals surface area contributed by atoms with Crippen molar-refractivity contribution in [2.24, 2.45) is 5.92 Å². The van der Waals surface area contributed by atoms with Crippen molar-refractivity contribution in [3.05, 3.63) is 59.8 Å². The van der Waals surface area contributed by atoms with Gasteiger partial charge in [-0.05, 0) is 37.1 Å². The Balaban J connectivity index is 1.85. The molecule has 2 aromatic rings. The van der Waals surface area contributed by atoms with Crippen molar-refractivity contribution in [3.8, 4) is 0 Å². The first-order valence-corrected chi connectivity index (χ1v) is 9.23. The molecule has 2 rings (SSSR count). The normalized spacial score (nSPS) is 11.6. The maximum Gasteiger partial charge on any atom is 0.251 e. The molecule has 0 spiro atoms. The number of pyridine rings is 1. The number of rotatable bonds is 8. The van der Waals surface area contributed by atoms with Crippen molar-refractivity contribution < 1.29 is 14.4 Å². The van der Waals surface area contributed by atoms with Gasteiger partial charge in [-0.3, -0.25) is 14.4 Å². The summed E-state index contributed by atoms with van der Waals surface area (Å²) in [5.41, 5.74) is 1.48. The zero-order chi connectivity index (χ0) is 20.5. The zero-order valence-corrected chi connectivity index (χ0v) is 16.4. The van der Waals surface area contributed by atoms with Gasteiger partial charge in [0.05, 0.1) is 0 Å². The van der Waals surface area contributed by atoms with E-state index in [9.17, 15) is 14.4 Å². The SMILES string of the molecule is Cc1cccc(C(=O)N[C@H](C(=O)NCCC(=O)Nc2ccccn2)C(C)C)c1. The average molecular weight is 382 g/mol. The summed E-state index contributed by atoms with van der Waals surface area (Å²) in [6, 6.07) is 11.7. The van der Waals surface area contributed by atoms with E-state index in [0.717, 1.165) is 5.56 Å². The van der Waals surface area contributed by atoms with Crippen molar-refractivity contribution >= 4 is 23.5 Å². The Hall–Kier alpha value is -3.22. The number of aromatic nitrogens is 1. The molecule has 0 aliphatic carbocycles. The highest BCUT2D eigenvalue weighted by Gasteiger charge is 2.24. The Labute approximate surface area is 164 Å². The first-order valence-electron chi connectivity index (χ1n) is 9.23. The highest BCUT2D eigenvalue weighted by molar-refractivity contribution is 5.98. The first kappa shape index (κ1) is 21.1. The Morgan fingerprint density at radius 1 is 1.07 bits per heavy atom. The van der Waals surface area contributed by atoms with Crippen LogP contribution in [0.3, 0.4) is 0 Å². The van der Waals surface area contributed by atoms with Crippen LogP contribution in [-0.4, -0.2) is 35.3 Å². The van der Waals surface area contributed by atoms with Gasteiger partial charge >= 0.3 is 0 Å². The molecule has 1 aromatic heterocycles. The molecule has 0 unspecified atom stereocenters. The number of hydrogen-bond acceptors (Lipinski definition) is 4. The van der Waals surface area contributed by atoms with Crippen LogP contribution in [0.1, 0.15) is 36.2 Å². The van der Waals surface area contributed by atoms with Crippen molar-refractivity contribution in [3.63, 3.8) is 0 Å². The van der Waals surface area contributed by atoms with Crippen molar-refractivity contribution in [2.75, 3.05) is 11.9 Å². The van der Waals surface area contributed by atoms with Gasteiger partial charge in [0, 0.05) is 24.7 Å². The summed E-state index contributed by atoms with van der Waals surface area (Å²) < 4.78 is 0. The maximum absolute atomic E-state index is 12.5. The number of aryl methyl sites for hydroxylation is 1. The number of nitrogens with one attached hydrogen (secondary N) is 3. The van der Waals surface area contributed by atoms with Gasteiger partial charge < -0.3 is 16.0 Å². The van der Waals surface area contributed by atoms with Gasteiger partial charge in [0.15, 0.2) is 0 Å². The van der Waals surface area contributed by atoms with Crippen LogP contribution in [0.15, 0.2) is 48.7 Å². The third kappa shape index (κ3) is 6.50. The molecule has 0 aliphatic rings. The minimum absolute atomic E-state index is 0.101.